The summed E-state index contributed by atoms with van der Waals surface area (Å²) >= 11 is 0. The molecule has 0 radical (unpaired) electrons. The zero-order chi connectivity index (χ0) is 9.68. The van der Waals surface area contributed by atoms with Crippen LogP contribution in [-0.2, 0) is 11.3 Å². The molecule has 6 heteroatoms. The smallest absolute Gasteiger partial charge is 0.188 e. The fourth-order valence-corrected chi connectivity index (χ4v) is 0.880. The minimum absolute atomic E-state index is 0.173. The zero-order valence-electron chi connectivity index (χ0n) is 8.11. The largest absolute Gasteiger partial charge is 0.380 e. The summed E-state index contributed by atoms with van der Waals surface area (Å²) in [6.45, 7) is 4.66. The van der Waals surface area contributed by atoms with Gasteiger partial charge in [-0.25, -0.2) is 0 Å². The van der Waals surface area contributed by atoms with Gasteiger partial charge in [-0.15, -0.1) is 10.2 Å². The Bertz CT molecular complexity index is 225. The number of hydrogen-bond donors (Lipinski definition) is 2. The number of H-pyrrole nitrogens is 1. The summed E-state index contributed by atoms with van der Waals surface area (Å²) in [5.74, 6) is 0.662. The van der Waals surface area contributed by atoms with Crippen LogP contribution in [0.3, 0.4) is 0 Å². The third kappa shape index (κ3) is 3.08. The molecular formula is C7H15N5O. The van der Waals surface area contributed by atoms with E-state index in [0.717, 1.165) is 0 Å². The summed E-state index contributed by atoms with van der Waals surface area (Å²) < 4.78 is 5.16. The van der Waals surface area contributed by atoms with Crippen LogP contribution >= 0.6 is 0 Å². The van der Waals surface area contributed by atoms with Crippen molar-refractivity contribution in [3.05, 3.63) is 5.82 Å². The molecule has 0 aliphatic rings. The van der Waals surface area contributed by atoms with Gasteiger partial charge in [-0.05, 0) is 13.8 Å². The molecule has 0 saturated carbocycles. The van der Waals surface area contributed by atoms with Crippen molar-refractivity contribution < 1.29 is 4.74 Å². The Labute approximate surface area is 77.1 Å². The van der Waals surface area contributed by atoms with Gasteiger partial charge in [-0.3, -0.25) is 0 Å². The van der Waals surface area contributed by atoms with Crippen molar-refractivity contribution in [2.45, 2.75) is 32.5 Å². The first-order valence-corrected chi connectivity index (χ1v) is 4.22. The van der Waals surface area contributed by atoms with E-state index >= 15 is 0 Å². The molecule has 1 heterocycles. The minimum atomic E-state index is 0.173. The molecule has 0 aromatic carbocycles. The van der Waals surface area contributed by atoms with Crippen LogP contribution in [0.4, 0.5) is 0 Å². The van der Waals surface area contributed by atoms with Crippen molar-refractivity contribution in [1.82, 2.24) is 25.9 Å². The Kier molecular flexibility index (Phi) is 3.78. The number of rotatable bonds is 5. The maximum atomic E-state index is 5.16. The highest BCUT2D eigenvalue weighted by molar-refractivity contribution is 4.77. The Hall–Kier alpha value is -1.01. The topological polar surface area (TPSA) is 75.7 Å². The third-order valence-electron chi connectivity index (χ3n) is 2.05. The molecule has 1 aromatic rings. The lowest BCUT2D eigenvalue weighted by molar-refractivity contribution is 0.0880. The highest BCUT2D eigenvalue weighted by atomic mass is 16.5. The number of aromatic amines is 1. The molecule has 0 spiro atoms. The molecule has 13 heavy (non-hydrogen) atoms. The van der Waals surface area contributed by atoms with Crippen molar-refractivity contribution in [3.63, 3.8) is 0 Å². The van der Waals surface area contributed by atoms with Crippen molar-refractivity contribution >= 4 is 0 Å². The summed E-state index contributed by atoms with van der Waals surface area (Å²) in [5.41, 5.74) is 0. The van der Waals surface area contributed by atoms with E-state index in [4.69, 9.17) is 4.74 Å². The van der Waals surface area contributed by atoms with E-state index < -0.39 is 0 Å². The first-order chi connectivity index (χ1) is 6.24. The molecule has 2 N–H and O–H groups in total. The van der Waals surface area contributed by atoms with Gasteiger partial charge in [0.15, 0.2) is 5.82 Å². The highest BCUT2D eigenvalue weighted by Crippen LogP contribution is 1.96. The van der Waals surface area contributed by atoms with Crippen LogP contribution in [0.15, 0.2) is 0 Å². The lowest BCUT2D eigenvalue weighted by Crippen LogP contribution is -2.36. The molecule has 0 bridgehead atoms. The Balaban J connectivity index is 2.26. The van der Waals surface area contributed by atoms with Crippen LogP contribution in [0, 0.1) is 0 Å². The van der Waals surface area contributed by atoms with E-state index in [1.165, 1.54) is 0 Å². The number of hydrogen-bond acceptors (Lipinski definition) is 5. The molecule has 6 nitrogen and oxygen atoms in total. The van der Waals surface area contributed by atoms with Gasteiger partial charge in [0.1, 0.15) is 0 Å². The Morgan fingerprint density at radius 2 is 2.31 bits per heavy atom. The van der Waals surface area contributed by atoms with E-state index in [0.29, 0.717) is 12.4 Å². The van der Waals surface area contributed by atoms with Crippen LogP contribution in [0.2, 0.25) is 0 Å². The van der Waals surface area contributed by atoms with Crippen LogP contribution in [0.5, 0.6) is 0 Å². The normalized spacial score (nSPS) is 15.6. The van der Waals surface area contributed by atoms with Crippen LogP contribution in [0.1, 0.15) is 19.7 Å². The third-order valence-corrected chi connectivity index (χ3v) is 2.05. The van der Waals surface area contributed by atoms with E-state index in [9.17, 15) is 0 Å². The van der Waals surface area contributed by atoms with Crippen molar-refractivity contribution in [1.29, 1.82) is 0 Å². The molecule has 0 amide bonds. The minimum Gasteiger partial charge on any atom is -0.380 e. The van der Waals surface area contributed by atoms with E-state index in [2.05, 4.69) is 25.9 Å². The fraction of sp³-hybridized carbons (Fsp3) is 0.857. The molecule has 0 aliphatic heterocycles. The van der Waals surface area contributed by atoms with Gasteiger partial charge < -0.3 is 10.1 Å². The molecule has 2 unspecified atom stereocenters. The highest BCUT2D eigenvalue weighted by Gasteiger charge is 2.10. The molecule has 74 valence electrons. The van der Waals surface area contributed by atoms with Gasteiger partial charge in [0, 0.05) is 13.2 Å². The monoisotopic (exact) mass is 185 g/mol. The van der Waals surface area contributed by atoms with Crippen molar-refractivity contribution in [3.8, 4) is 0 Å². The maximum Gasteiger partial charge on any atom is 0.188 e. The number of nitrogens with one attached hydrogen (secondary N) is 2. The second-order valence-electron chi connectivity index (χ2n) is 2.94. The van der Waals surface area contributed by atoms with Gasteiger partial charge >= 0.3 is 0 Å². The predicted molar refractivity (Wildman–Crippen MR) is 47.0 cm³/mol. The number of methoxy groups -OCH3 is 1. The summed E-state index contributed by atoms with van der Waals surface area (Å²) in [6.07, 6.45) is 0.173. The Morgan fingerprint density at radius 1 is 1.54 bits per heavy atom. The van der Waals surface area contributed by atoms with Gasteiger partial charge in [0.05, 0.1) is 12.6 Å². The zero-order valence-corrected chi connectivity index (χ0v) is 8.11. The first kappa shape index (κ1) is 10.1. The molecule has 0 aliphatic carbocycles. The maximum absolute atomic E-state index is 5.16. The second kappa shape index (κ2) is 4.88. The van der Waals surface area contributed by atoms with Crippen molar-refractivity contribution in [2.75, 3.05) is 7.11 Å². The van der Waals surface area contributed by atoms with E-state index in [1.807, 2.05) is 13.8 Å². The lowest BCUT2D eigenvalue weighted by atomic mass is 10.2. The summed E-state index contributed by atoms with van der Waals surface area (Å²) in [5, 5.41) is 16.7. The lowest BCUT2D eigenvalue weighted by Gasteiger charge is -2.18. The number of ether oxygens (including phenoxy) is 1. The molecule has 2 atom stereocenters. The number of tetrazole rings is 1. The average molecular weight is 185 g/mol. The van der Waals surface area contributed by atoms with Gasteiger partial charge in [0.25, 0.3) is 0 Å². The SMILES string of the molecule is COC(C)C(C)NCc1nn[nH]n1. The quantitative estimate of drug-likeness (QED) is 0.659. The number of aromatic nitrogens is 4. The first-order valence-electron chi connectivity index (χ1n) is 4.22. The molecule has 0 saturated heterocycles. The standard InChI is InChI=1S/C7H15N5O/c1-5(6(2)13-3)8-4-7-9-11-12-10-7/h5-6,8H,4H2,1-3H3,(H,9,10,11,12). The molecule has 1 aromatic heterocycles. The van der Waals surface area contributed by atoms with Gasteiger partial charge in [-0.1, -0.05) is 5.21 Å². The molecular weight excluding hydrogens is 170 g/mol. The summed E-state index contributed by atoms with van der Waals surface area (Å²) in [4.78, 5) is 0. The fourth-order valence-electron chi connectivity index (χ4n) is 0.880. The van der Waals surface area contributed by atoms with Crippen molar-refractivity contribution in [2.24, 2.45) is 0 Å². The summed E-state index contributed by atoms with van der Waals surface area (Å²) in [7, 11) is 1.69. The predicted octanol–water partition coefficient (Wildman–Crippen LogP) is -0.287. The van der Waals surface area contributed by atoms with Crippen LogP contribution in [-0.4, -0.2) is 39.9 Å². The van der Waals surface area contributed by atoms with Gasteiger partial charge in [0.2, 0.25) is 0 Å². The van der Waals surface area contributed by atoms with E-state index in [1.54, 1.807) is 7.11 Å². The molecule has 0 fully saturated rings. The van der Waals surface area contributed by atoms with E-state index in [-0.39, 0.29) is 12.1 Å². The Morgan fingerprint density at radius 3 is 2.85 bits per heavy atom. The summed E-state index contributed by atoms with van der Waals surface area (Å²) in [6, 6.07) is 0.267. The molecule has 1 rings (SSSR count). The van der Waals surface area contributed by atoms with Crippen LogP contribution < -0.4 is 5.32 Å². The number of nitrogens with zero attached hydrogens (tertiary/aromatic N) is 3. The second-order valence-corrected chi connectivity index (χ2v) is 2.94. The van der Waals surface area contributed by atoms with Gasteiger partial charge in [-0.2, -0.15) is 5.21 Å². The van der Waals surface area contributed by atoms with Crippen LogP contribution in [0.25, 0.3) is 0 Å². The average Bonchev–Trinajstić information content (AvgIpc) is 2.65.